The summed E-state index contributed by atoms with van der Waals surface area (Å²) in [7, 11) is 0. The van der Waals surface area contributed by atoms with Crippen LogP contribution in [0.5, 0.6) is 11.5 Å². The summed E-state index contributed by atoms with van der Waals surface area (Å²) in [4.78, 5) is 14.9. The molecule has 7 nitrogen and oxygen atoms in total. The van der Waals surface area contributed by atoms with Gasteiger partial charge in [0.25, 0.3) is 0 Å². The van der Waals surface area contributed by atoms with E-state index in [2.05, 4.69) is 16.8 Å². The van der Waals surface area contributed by atoms with Crippen molar-refractivity contribution in [2.75, 3.05) is 19.7 Å². The molecule has 2 aliphatic rings. The summed E-state index contributed by atoms with van der Waals surface area (Å²) in [6, 6.07) is 7.60. The van der Waals surface area contributed by atoms with E-state index < -0.39 is 0 Å². The largest absolute Gasteiger partial charge is 0.485 e. The SMILES string of the molecule is C=CCn1c(S[C@@H](C)C(=O)N2CCCCCC2)nnc1[C@@H]1COc2ccccc2O1. The molecule has 0 spiro atoms. The van der Waals surface area contributed by atoms with E-state index in [0.29, 0.717) is 29.9 Å². The minimum atomic E-state index is -0.363. The Balaban J connectivity index is 1.50. The Kier molecular flexibility index (Phi) is 6.62. The van der Waals surface area contributed by atoms with Crippen LogP contribution in [-0.2, 0) is 11.3 Å². The molecule has 0 unspecified atom stereocenters. The number of thioether (sulfide) groups is 1. The number of likely N-dealkylation sites (tertiary alicyclic amines) is 1. The van der Waals surface area contributed by atoms with Gasteiger partial charge in [-0.15, -0.1) is 16.8 Å². The number of benzene rings is 1. The fourth-order valence-electron chi connectivity index (χ4n) is 3.83. The van der Waals surface area contributed by atoms with E-state index in [1.165, 1.54) is 24.6 Å². The number of amides is 1. The maximum Gasteiger partial charge on any atom is 0.235 e. The van der Waals surface area contributed by atoms with Crippen molar-refractivity contribution < 1.29 is 14.3 Å². The lowest BCUT2D eigenvalue weighted by molar-refractivity contribution is -0.130. The van der Waals surface area contributed by atoms with Crippen LogP contribution in [0.3, 0.4) is 0 Å². The first-order valence-corrected chi connectivity index (χ1v) is 11.4. The number of ether oxygens (including phenoxy) is 2. The number of carbonyl (C=O) groups is 1. The van der Waals surface area contributed by atoms with E-state index in [0.717, 1.165) is 31.7 Å². The number of para-hydroxylation sites is 2. The predicted octanol–water partition coefficient (Wildman–Crippen LogP) is 3.86. The monoisotopic (exact) mass is 428 g/mol. The molecule has 4 rings (SSSR count). The Morgan fingerprint density at radius 3 is 2.70 bits per heavy atom. The van der Waals surface area contributed by atoms with Gasteiger partial charge in [0.05, 0.1) is 5.25 Å². The maximum atomic E-state index is 13.0. The molecule has 2 atom stereocenters. The Morgan fingerprint density at radius 1 is 1.23 bits per heavy atom. The molecule has 1 saturated heterocycles. The number of nitrogens with zero attached hydrogens (tertiary/aromatic N) is 4. The minimum absolute atomic E-state index is 0.169. The Morgan fingerprint density at radius 2 is 1.97 bits per heavy atom. The van der Waals surface area contributed by atoms with Crippen molar-refractivity contribution in [3.63, 3.8) is 0 Å². The second kappa shape index (κ2) is 9.55. The minimum Gasteiger partial charge on any atom is -0.485 e. The van der Waals surface area contributed by atoms with Crippen LogP contribution >= 0.6 is 11.8 Å². The van der Waals surface area contributed by atoms with Crippen LogP contribution in [-0.4, -0.2) is 50.5 Å². The fourth-order valence-corrected chi connectivity index (χ4v) is 4.78. The van der Waals surface area contributed by atoms with Crippen LogP contribution in [0.15, 0.2) is 42.1 Å². The van der Waals surface area contributed by atoms with Crippen molar-refractivity contribution in [1.29, 1.82) is 0 Å². The number of fused-ring (bicyclic) bond motifs is 1. The predicted molar refractivity (Wildman–Crippen MR) is 116 cm³/mol. The smallest absolute Gasteiger partial charge is 0.235 e. The van der Waals surface area contributed by atoms with Gasteiger partial charge >= 0.3 is 0 Å². The maximum absolute atomic E-state index is 13.0. The van der Waals surface area contributed by atoms with E-state index in [1.54, 1.807) is 6.08 Å². The Bertz CT molecular complexity index is 892. The number of hydrogen-bond acceptors (Lipinski definition) is 6. The third-order valence-electron chi connectivity index (χ3n) is 5.40. The number of rotatable bonds is 6. The van der Waals surface area contributed by atoms with Crippen LogP contribution < -0.4 is 9.47 Å². The van der Waals surface area contributed by atoms with Crippen LogP contribution in [0.2, 0.25) is 0 Å². The molecule has 0 radical (unpaired) electrons. The van der Waals surface area contributed by atoms with Gasteiger partial charge in [0, 0.05) is 19.6 Å². The van der Waals surface area contributed by atoms with Gasteiger partial charge in [-0.3, -0.25) is 9.36 Å². The number of carbonyl (C=O) groups excluding carboxylic acids is 1. The molecule has 8 heteroatoms. The van der Waals surface area contributed by atoms with Crippen LogP contribution in [0.4, 0.5) is 0 Å². The van der Waals surface area contributed by atoms with Crippen molar-refractivity contribution in [3.8, 4) is 11.5 Å². The molecule has 0 aliphatic carbocycles. The molecule has 1 aromatic carbocycles. The average Bonchev–Trinajstić information content (AvgIpc) is 2.98. The molecular formula is C22H28N4O3S. The normalized spacial score (nSPS) is 19.8. The molecule has 1 fully saturated rings. The highest BCUT2D eigenvalue weighted by Crippen LogP contribution is 2.36. The highest BCUT2D eigenvalue weighted by Gasteiger charge is 2.30. The summed E-state index contributed by atoms with van der Waals surface area (Å²) in [5, 5.41) is 9.23. The van der Waals surface area contributed by atoms with E-state index in [9.17, 15) is 4.79 Å². The highest BCUT2D eigenvalue weighted by atomic mass is 32.2. The van der Waals surface area contributed by atoms with E-state index in [4.69, 9.17) is 9.47 Å². The fraction of sp³-hybridized carbons (Fsp3) is 0.500. The first kappa shape index (κ1) is 20.8. The summed E-state index contributed by atoms with van der Waals surface area (Å²) >= 11 is 1.44. The van der Waals surface area contributed by atoms with Gasteiger partial charge in [0.2, 0.25) is 5.91 Å². The molecular weight excluding hydrogens is 400 g/mol. The molecule has 2 aliphatic heterocycles. The van der Waals surface area contributed by atoms with Crippen LogP contribution in [0.25, 0.3) is 0 Å². The number of allylic oxidation sites excluding steroid dienone is 1. The van der Waals surface area contributed by atoms with Crippen molar-refractivity contribution in [2.24, 2.45) is 0 Å². The molecule has 1 amide bonds. The van der Waals surface area contributed by atoms with Gasteiger partial charge in [-0.05, 0) is 31.9 Å². The third kappa shape index (κ3) is 4.48. The van der Waals surface area contributed by atoms with E-state index in [-0.39, 0.29) is 17.3 Å². The molecule has 3 heterocycles. The quantitative estimate of drug-likeness (QED) is 0.514. The second-order valence-corrected chi connectivity index (χ2v) is 8.91. The van der Waals surface area contributed by atoms with Crippen LogP contribution in [0.1, 0.15) is 44.5 Å². The Labute approximate surface area is 181 Å². The molecule has 30 heavy (non-hydrogen) atoms. The van der Waals surface area contributed by atoms with Crippen molar-refractivity contribution in [3.05, 3.63) is 42.7 Å². The third-order valence-corrected chi connectivity index (χ3v) is 6.47. The summed E-state index contributed by atoms with van der Waals surface area (Å²) in [5.74, 6) is 2.28. The first-order chi connectivity index (χ1) is 14.7. The molecule has 0 saturated carbocycles. The van der Waals surface area contributed by atoms with Crippen molar-refractivity contribution in [2.45, 2.75) is 55.7 Å². The van der Waals surface area contributed by atoms with Gasteiger partial charge in [-0.25, -0.2) is 0 Å². The van der Waals surface area contributed by atoms with Gasteiger partial charge in [-0.1, -0.05) is 42.8 Å². The molecule has 0 N–H and O–H groups in total. The topological polar surface area (TPSA) is 69.5 Å². The van der Waals surface area contributed by atoms with Gasteiger partial charge in [-0.2, -0.15) is 0 Å². The van der Waals surface area contributed by atoms with Crippen molar-refractivity contribution in [1.82, 2.24) is 19.7 Å². The summed E-state index contributed by atoms with van der Waals surface area (Å²) in [6.07, 6.45) is 6.01. The lowest BCUT2D eigenvalue weighted by Gasteiger charge is -2.26. The van der Waals surface area contributed by atoms with Gasteiger partial charge in [0.15, 0.2) is 28.6 Å². The van der Waals surface area contributed by atoms with Crippen molar-refractivity contribution >= 4 is 17.7 Å². The lowest BCUT2D eigenvalue weighted by atomic mass is 10.2. The van der Waals surface area contributed by atoms with E-state index >= 15 is 0 Å². The molecule has 0 bridgehead atoms. The summed E-state index contributed by atoms with van der Waals surface area (Å²) in [6.45, 7) is 8.40. The summed E-state index contributed by atoms with van der Waals surface area (Å²) < 4.78 is 13.9. The lowest BCUT2D eigenvalue weighted by Crippen LogP contribution is -2.37. The molecule has 160 valence electrons. The Hall–Kier alpha value is -2.48. The van der Waals surface area contributed by atoms with Gasteiger partial charge < -0.3 is 14.4 Å². The van der Waals surface area contributed by atoms with Gasteiger partial charge in [0.1, 0.15) is 6.61 Å². The molecule has 1 aromatic heterocycles. The summed E-state index contributed by atoms with van der Waals surface area (Å²) in [5.41, 5.74) is 0. The average molecular weight is 429 g/mol. The number of aromatic nitrogens is 3. The molecule has 2 aromatic rings. The highest BCUT2D eigenvalue weighted by molar-refractivity contribution is 8.00. The van der Waals surface area contributed by atoms with E-state index in [1.807, 2.05) is 40.7 Å². The number of hydrogen-bond donors (Lipinski definition) is 0. The second-order valence-electron chi connectivity index (χ2n) is 7.60. The first-order valence-electron chi connectivity index (χ1n) is 10.6. The zero-order chi connectivity index (χ0) is 20.9. The zero-order valence-corrected chi connectivity index (χ0v) is 18.1. The zero-order valence-electron chi connectivity index (χ0n) is 17.3. The van der Waals surface area contributed by atoms with Crippen LogP contribution in [0, 0.1) is 0 Å². The standard InChI is InChI=1S/C22H28N4O3S/c1-3-12-26-20(19-15-28-17-10-6-7-11-18(17)29-19)23-24-22(26)30-16(2)21(27)25-13-8-4-5-9-14-25/h3,6-7,10-11,16,19H,1,4-5,8-9,12-15H2,2H3/t16-,19-/m0/s1.